The minimum atomic E-state index is 0.353. The smallest absolute Gasteiger partial charge is 0.166 e. The minimum absolute atomic E-state index is 0.353. The molecule has 156 valence electrons. The molecule has 9 nitrogen and oxygen atoms in total. The van der Waals surface area contributed by atoms with Crippen LogP contribution in [0, 0.1) is 18.3 Å². The van der Waals surface area contributed by atoms with Gasteiger partial charge in [0, 0.05) is 48.9 Å². The number of aromatic amines is 1. The third-order valence-corrected chi connectivity index (χ3v) is 6.41. The summed E-state index contributed by atoms with van der Waals surface area (Å²) in [5.41, 5.74) is 2.59. The van der Waals surface area contributed by atoms with Crippen LogP contribution in [0.25, 0.3) is 11.2 Å². The molecule has 2 N–H and O–H groups in total. The molecule has 3 aromatic heterocycles. The molecule has 0 saturated carbocycles. The third kappa shape index (κ3) is 3.27. The van der Waals surface area contributed by atoms with Crippen LogP contribution in [0.5, 0.6) is 5.75 Å². The zero-order chi connectivity index (χ0) is 20.7. The molecule has 30 heavy (non-hydrogen) atoms. The lowest BCUT2D eigenvalue weighted by atomic mass is 9.97. The molecular formula is C21H26N8O. The van der Waals surface area contributed by atoms with Crippen LogP contribution in [0.15, 0.2) is 18.5 Å². The summed E-state index contributed by atoms with van der Waals surface area (Å²) in [6, 6.07) is 7.51. The summed E-state index contributed by atoms with van der Waals surface area (Å²) < 4.78 is 7.82. The van der Waals surface area contributed by atoms with Crippen molar-refractivity contribution in [1.29, 1.82) is 5.26 Å². The van der Waals surface area contributed by atoms with Crippen molar-refractivity contribution in [2.75, 3.05) is 19.0 Å². The van der Waals surface area contributed by atoms with Crippen molar-refractivity contribution < 1.29 is 4.74 Å². The minimum Gasteiger partial charge on any atom is -0.494 e. The molecule has 3 atom stereocenters. The molecule has 0 aromatic carbocycles. The van der Waals surface area contributed by atoms with E-state index >= 15 is 0 Å². The number of fused-ring (bicyclic) bond motifs is 3. The van der Waals surface area contributed by atoms with Crippen LogP contribution in [0.4, 0.5) is 11.6 Å². The maximum Gasteiger partial charge on any atom is 0.166 e. The first kappa shape index (κ1) is 18.9. The maximum absolute atomic E-state index is 8.97. The molecule has 0 spiro atoms. The van der Waals surface area contributed by atoms with E-state index in [1.54, 1.807) is 7.11 Å². The Morgan fingerprint density at radius 2 is 2.03 bits per heavy atom. The Labute approximate surface area is 175 Å². The fraction of sp³-hybridized carbons (Fsp3) is 0.524. The van der Waals surface area contributed by atoms with E-state index in [-0.39, 0.29) is 0 Å². The number of pyridine rings is 1. The average molecular weight is 406 g/mol. The molecule has 2 aliphatic heterocycles. The Hall–Kier alpha value is -3.12. The highest BCUT2D eigenvalue weighted by atomic mass is 16.5. The number of hydrogen-bond acceptors (Lipinski definition) is 7. The number of imidazole rings is 1. The van der Waals surface area contributed by atoms with E-state index in [1.165, 1.54) is 12.8 Å². The van der Waals surface area contributed by atoms with Gasteiger partial charge in [-0.05, 0) is 32.6 Å². The number of aryl methyl sites for hydroxylation is 1. The molecule has 5 rings (SSSR count). The Kier molecular flexibility index (Phi) is 4.79. The highest BCUT2D eigenvalue weighted by Gasteiger charge is 2.41. The van der Waals surface area contributed by atoms with Crippen molar-refractivity contribution >= 4 is 22.8 Å². The van der Waals surface area contributed by atoms with E-state index in [4.69, 9.17) is 15.0 Å². The zero-order valence-corrected chi connectivity index (χ0v) is 17.3. The van der Waals surface area contributed by atoms with Gasteiger partial charge in [0.25, 0.3) is 0 Å². The van der Waals surface area contributed by atoms with Gasteiger partial charge in [-0.3, -0.25) is 10.00 Å². The lowest BCUT2D eigenvalue weighted by Gasteiger charge is -2.39. The average Bonchev–Trinajstić information content (AvgIpc) is 3.41. The van der Waals surface area contributed by atoms with E-state index in [1.807, 2.05) is 25.4 Å². The number of hydrogen-bond donors (Lipinski definition) is 2. The molecule has 5 heterocycles. The summed E-state index contributed by atoms with van der Waals surface area (Å²) in [5, 5.41) is 19.4. The lowest BCUT2D eigenvalue weighted by Crippen LogP contribution is -2.43. The summed E-state index contributed by atoms with van der Waals surface area (Å²) >= 11 is 0. The second-order valence-electron chi connectivity index (χ2n) is 8.25. The Morgan fingerprint density at radius 3 is 2.70 bits per heavy atom. The topological polar surface area (TPSA) is 108 Å². The molecule has 2 aliphatic rings. The standard InChI is InChI=1S/C21H26N8O/c1-13-8-19(27-26-13)24-18-11-17(30-2)20-21(25-18)29(12-23-20)16-9-14-4-5-15(10-16)28(14)7-3-6-22/h8,11-12,14-16H,3-5,7,9-10H2,1-2H3,(H2,24,25,26,27)/t14-,15+,16-. The first-order valence-corrected chi connectivity index (χ1v) is 10.5. The number of rotatable bonds is 6. The molecule has 0 radical (unpaired) electrons. The fourth-order valence-corrected chi connectivity index (χ4v) is 5.09. The van der Waals surface area contributed by atoms with E-state index in [0.717, 1.165) is 42.1 Å². The number of aromatic nitrogens is 5. The van der Waals surface area contributed by atoms with Gasteiger partial charge in [0.2, 0.25) is 0 Å². The SMILES string of the molecule is COc1cc(Nc2cc(C)[nH]n2)nc2c1ncn2[C@@H]1C[C@H]2CC[C@@H](C1)N2CCC#N. The van der Waals surface area contributed by atoms with Crippen molar-refractivity contribution in [3.63, 3.8) is 0 Å². The summed E-state index contributed by atoms with van der Waals surface area (Å²) in [6.07, 6.45) is 7.05. The highest BCUT2D eigenvalue weighted by molar-refractivity contribution is 5.81. The van der Waals surface area contributed by atoms with Crippen LogP contribution >= 0.6 is 0 Å². The summed E-state index contributed by atoms with van der Waals surface area (Å²) in [5.74, 6) is 2.10. The van der Waals surface area contributed by atoms with Crippen LogP contribution in [-0.2, 0) is 0 Å². The molecule has 2 saturated heterocycles. The van der Waals surface area contributed by atoms with Gasteiger partial charge >= 0.3 is 0 Å². The number of nitrogens with zero attached hydrogens (tertiary/aromatic N) is 6. The Bertz CT molecular complexity index is 1080. The number of H-pyrrole nitrogens is 1. The Morgan fingerprint density at radius 1 is 1.23 bits per heavy atom. The quantitative estimate of drug-likeness (QED) is 0.647. The molecule has 2 bridgehead atoms. The number of methoxy groups -OCH3 is 1. The van der Waals surface area contributed by atoms with Crippen molar-refractivity contribution in [3.8, 4) is 11.8 Å². The highest BCUT2D eigenvalue weighted by Crippen LogP contribution is 2.42. The number of piperidine rings is 1. The molecular weight excluding hydrogens is 380 g/mol. The lowest BCUT2D eigenvalue weighted by molar-refractivity contribution is 0.110. The van der Waals surface area contributed by atoms with Crippen molar-refractivity contribution in [2.45, 2.75) is 57.2 Å². The summed E-state index contributed by atoms with van der Waals surface area (Å²) in [6.45, 7) is 2.84. The van der Waals surface area contributed by atoms with Gasteiger partial charge in [0.15, 0.2) is 17.2 Å². The fourth-order valence-electron chi connectivity index (χ4n) is 5.09. The van der Waals surface area contributed by atoms with Crippen LogP contribution in [-0.4, -0.2) is 55.4 Å². The summed E-state index contributed by atoms with van der Waals surface area (Å²) in [7, 11) is 1.66. The van der Waals surface area contributed by atoms with Gasteiger partial charge in [-0.1, -0.05) is 0 Å². The van der Waals surface area contributed by atoms with Crippen LogP contribution in [0.1, 0.15) is 43.8 Å². The largest absolute Gasteiger partial charge is 0.494 e. The third-order valence-electron chi connectivity index (χ3n) is 6.41. The normalized spacial score (nSPS) is 23.6. The van der Waals surface area contributed by atoms with Gasteiger partial charge in [0.1, 0.15) is 11.3 Å². The predicted octanol–water partition coefficient (Wildman–Crippen LogP) is 3.30. The maximum atomic E-state index is 8.97. The first-order valence-electron chi connectivity index (χ1n) is 10.5. The van der Waals surface area contributed by atoms with Crippen molar-refractivity contribution in [3.05, 3.63) is 24.2 Å². The van der Waals surface area contributed by atoms with Gasteiger partial charge in [0.05, 0.1) is 19.5 Å². The van der Waals surface area contributed by atoms with Crippen LogP contribution < -0.4 is 10.1 Å². The molecule has 0 amide bonds. The molecule has 9 heteroatoms. The monoisotopic (exact) mass is 406 g/mol. The number of ether oxygens (including phenoxy) is 1. The van der Waals surface area contributed by atoms with Crippen LogP contribution in [0.3, 0.4) is 0 Å². The number of nitrogens with one attached hydrogen (secondary N) is 2. The van der Waals surface area contributed by atoms with E-state index < -0.39 is 0 Å². The van der Waals surface area contributed by atoms with Gasteiger partial charge in [-0.25, -0.2) is 9.97 Å². The second kappa shape index (κ2) is 7.61. The molecule has 0 unspecified atom stereocenters. The Balaban J connectivity index is 1.45. The van der Waals surface area contributed by atoms with E-state index in [2.05, 4.69) is 36.0 Å². The van der Waals surface area contributed by atoms with E-state index in [0.29, 0.717) is 36.1 Å². The molecule has 3 aromatic rings. The van der Waals surface area contributed by atoms with Gasteiger partial charge in [-0.2, -0.15) is 10.4 Å². The van der Waals surface area contributed by atoms with Crippen LogP contribution in [0.2, 0.25) is 0 Å². The second-order valence-corrected chi connectivity index (χ2v) is 8.25. The predicted molar refractivity (Wildman–Crippen MR) is 113 cm³/mol. The number of nitriles is 1. The molecule has 2 fully saturated rings. The zero-order valence-electron chi connectivity index (χ0n) is 17.3. The van der Waals surface area contributed by atoms with E-state index in [9.17, 15) is 0 Å². The van der Waals surface area contributed by atoms with Gasteiger partial charge < -0.3 is 14.6 Å². The number of anilines is 2. The van der Waals surface area contributed by atoms with Crippen molar-refractivity contribution in [2.24, 2.45) is 0 Å². The summed E-state index contributed by atoms with van der Waals surface area (Å²) in [4.78, 5) is 12.0. The van der Waals surface area contributed by atoms with Gasteiger partial charge in [-0.15, -0.1) is 0 Å². The first-order chi connectivity index (χ1) is 14.7. The van der Waals surface area contributed by atoms with Crippen molar-refractivity contribution in [1.82, 2.24) is 29.6 Å². The molecule has 0 aliphatic carbocycles.